The van der Waals surface area contributed by atoms with Crippen LogP contribution < -0.4 is 33.6 Å². The third-order valence-electron chi connectivity index (χ3n) is 18.8. The molecule has 4 saturated heterocycles. The molecule has 79 heavy (non-hydrogen) atoms. The number of benzene rings is 2. The molecule has 0 radical (unpaired) electrons. The van der Waals surface area contributed by atoms with Gasteiger partial charge in [-0.3, -0.25) is 38.9 Å². The first-order chi connectivity index (χ1) is 36.5. The van der Waals surface area contributed by atoms with Gasteiger partial charge in [-0.25, -0.2) is 24.7 Å². The van der Waals surface area contributed by atoms with E-state index in [0.29, 0.717) is 35.7 Å². The van der Waals surface area contributed by atoms with E-state index in [1.165, 1.54) is 116 Å². The summed E-state index contributed by atoms with van der Waals surface area (Å²) in [7, 11) is 0. The fourth-order valence-electron chi connectivity index (χ4n) is 16.2. The maximum atomic E-state index is 14.0. The van der Waals surface area contributed by atoms with E-state index in [1.807, 2.05) is 67.7 Å². The molecule has 0 amide bonds. The summed E-state index contributed by atoms with van der Waals surface area (Å²) >= 11 is 6.28. The quantitative estimate of drug-likeness (QED) is 0.147. The Labute approximate surface area is 467 Å². The summed E-state index contributed by atoms with van der Waals surface area (Å²) in [6.45, 7) is 0. The van der Waals surface area contributed by atoms with Crippen LogP contribution >= 0.6 is 11.6 Å². The number of piperidine rings is 4. The molecule has 8 fully saturated rings. The molecule has 4 aliphatic carbocycles. The Hall–Kier alpha value is -5.85. The number of aromatic amines is 3. The van der Waals surface area contributed by atoms with Gasteiger partial charge < -0.3 is 9.13 Å². The van der Waals surface area contributed by atoms with Crippen LogP contribution in [0.1, 0.15) is 183 Å². The molecule has 4 saturated carbocycles. The van der Waals surface area contributed by atoms with E-state index in [1.54, 1.807) is 0 Å². The number of nitrogens with zero attached hydrogens (tertiary/aromatic N) is 9. The lowest BCUT2D eigenvalue weighted by Crippen LogP contribution is -2.58. The maximum absolute atomic E-state index is 14.0. The van der Waals surface area contributed by atoms with Crippen LogP contribution in [0.15, 0.2) is 89.7 Å². The molecule has 8 bridgehead atoms. The van der Waals surface area contributed by atoms with Gasteiger partial charge in [-0.05, 0) is 138 Å². The van der Waals surface area contributed by atoms with Gasteiger partial charge in [0.2, 0.25) is 5.82 Å². The van der Waals surface area contributed by atoms with Crippen molar-refractivity contribution in [2.45, 2.75) is 219 Å². The van der Waals surface area contributed by atoms with E-state index in [9.17, 15) is 28.8 Å². The summed E-state index contributed by atoms with van der Waals surface area (Å²) < 4.78 is 4.78. The second-order valence-corrected chi connectivity index (χ2v) is 23.7. The first-order valence-corrected chi connectivity index (χ1v) is 28.4. The number of fused-ring (bicyclic) bond motifs is 10. The number of para-hydroxylation sites is 4. The molecule has 2 aromatic carbocycles. The molecular weight excluding hydrogens is 1020 g/mol. The molecule has 8 aliphatic rings. The number of hydrogen-bond acceptors (Lipinski definition) is 12. The number of nitrogens with one attached hydrogen (secondary N) is 3. The van der Waals surface area contributed by atoms with E-state index < -0.39 is 22.5 Å². The van der Waals surface area contributed by atoms with Crippen molar-refractivity contribution in [3.63, 3.8) is 0 Å². The molecule has 8 heterocycles. The lowest BCUT2D eigenvalue weighted by Gasteiger charge is -2.55. The van der Waals surface area contributed by atoms with E-state index in [0.717, 1.165) is 89.0 Å². The third kappa shape index (κ3) is 12.1. The minimum atomic E-state index is -0.756. The van der Waals surface area contributed by atoms with Gasteiger partial charge in [-0.2, -0.15) is 14.9 Å². The fraction of sp³-hybridized carbons (Fsp3) is 0.633. The molecule has 12 atom stereocenters. The van der Waals surface area contributed by atoms with Crippen LogP contribution in [-0.4, -0.2) is 95.1 Å². The minimum Gasteiger partial charge on any atom is -0.301 e. The maximum Gasteiger partial charge on any atom is 0.351 e. The van der Waals surface area contributed by atoms with E-state index in [2.05, 4.69) is 34.9 Å². The summed E-state index contributed by atoms with van der Waals surface area (Å²) in [5.41, 5.74) is 0.324. The monoisotopic (exact) mass is 1100 g/mol. The fourth-order valence-corrected chi connectivity index (χ4v) is 16.4. The molecule has 0 spiro atoms. The van der Waals surface area contributed by atoms with Crippen LogP contribution in [0.2, 0.25) is 5.15 Å². The number of rotatable bonds is 5. The van der Waals surface area contributed by atoms with Crippen molar-refractivity contribution < 1.29 is 0 Å². The lowest BCUT2D eigenvalue weighted by atomic mass is 9.68. The van der Waals surface area contributed by atoms with Crippen LogP contribution in [0, 0.1) is 23.7 Å². The van der Waals surface area contributed by atoms with E-state index in [4.69, 9.17) is 11.6 Å². The predicted molar refractivity (Wildman–Crippen MR) is 313 cm³/mol. The highest BCUT2D eigenvalue weighted by Gasteiger charge is 2.47. The highest BCUT2D eigenvalue weighted by Crippen LogP contribution is 2.49. The number of halogens is 1. The molecule has 18 nitrogen and oxygen atoms in total. The summed E-state index contributed by atoms with van der Waals surface area (Å²) in [5, 5.41) is 9.26. The van der Waals surface area contributed by atoms with Crippen molar-refractivity contribution in [2.24, 2.45) is 23.7 Å². The molecule has 428 valence electrons. The van der Waals surface area contributed by atoms with Gasteiger partial charge in [0.25, 0.3) is 22.2 Å². The Kier molecular flexibility index (Phi) is 19.0. The van der Waals surface area contributed by atoms with Crippen LogP contribution in [-0.2, 0) is 0 Å². The van der Waals surface area contributed by atoms with Crippen molar-refractivity contribution in [1.82, 2.24) is 58.8 Å². The zero-order chi connectivity index (χ0) is 51.3. The molecule has 4 aliphatic heterocycles. The molecule has 6 aromatic rings. The molecule has 19 heteroatoms. The van der Waals surface area contributed by atoms with Gasteiger partial charge in [0.1, 0.15) is 12.4 Å². The van der Waals surface area contributed by atoms with Gasteiger partial charge in [-0.15, -0.1) is 0 Å². The predicted octanol–water partition coefficient (Wildman–Crippen LogP) is 9.74. The first-order valence-electron chi connectivity index (χ1n) is 28.1. The number of hydrogen-bond donors (Lipinski definition) is 3. The Balaban J connectivity index is 0.000000177. The second-order valence-electron chi connectivity index (χ2n) is 23.4. The van der Waals surface area contributed by atoms with Crippen molar-refractivity contribution in [3.05, 3.63) is 128 Å². The number of H-pyrrole nitrogens is 3. The third-order valence-corrected chi connectivity index (χ3v) is 19.1. The minimum absolute atomic E-state index is 0. The smallest absolute Gasteiger partial charge is 0.301 e. The zero-order valence-electron chi connectivity index (χ0n) is 42.6. The summed E-state index contributed by atoms with van der Waals surface area (Å²) in [6, 6.07) is 19.5. The highest BCUT2D eigenvalue weighted by atomic mass is 35.5. The van der Waals surface area contributed by atoms with Gasteiger partial charge in [0.15, 0.2) is 5.15 Å². The number of aromatic nitrogens is 10. The van der Waals surface area contributed by atoms with Gasteiger partial charge in [0, 0.05) is 48.3 Å². The first kappa shape index (κ1) is 59.3. The molecule has 4 unspecified atom stereocenters. The Bertz CT molecular complexity index is 3350. The average Bonchev–Trinajstić information content (AvgIpc) is 3.48. The van der Waals surface area contributed by atoms with Crippen LogP contribution in [0.5, 0.6) is 0 Å². The van der Waals surface area contributed by atoms with Crippen LogP contribution in [0.4, 0.5) is 0 Å². The molecule has 14 rings (SSSR count). The Morgan fingerprint density at radius 1 is 0.456 bits per heavy atom. The Morgan fingerprint density at radius 3 is 1.33 bits per heavy atom. The van der Waals surface area contributed by atoms with Crippen molar-refractivity contribution in [3.8, 4) is 5.82 Å². The van der Waals surface area contributed by atoms with Crippen molar-refractivity contribution in [1.29, 1.82) is 0 Å². The SMILES string of the molecule is C.C.C.C.O=c1c(Cl)nc2ccccc2n1C1C[C@H]2CCC[C@@H](C1)N2C1C[C@H]2CCC[C@@H](C1)C2.O=c1cn[nH]c(=O)[nH]1.O=c1cnn(-c2nc3ccccc3n(C3C[C@H]4CCC[C@@H](C3)N4C3C[C@H]4CCC[C@@H](C3)C4)c2=O)c(=O)[nH]1. The van der Waals surface area contributed by atoms with Crippen molar-refractivity contribution in [2.75, 3.05) is 0 Å². The van der Waals surface area contributed by atoms with Crippen LogP contribution in [0.3, 0.4) is 0 Å². The molecule has 4 aromatic heterocycles. The van der Waals surface area contributed by atoms with Gasteiger partial charge in [0.05, 0.1) is 22.1 Å². The largest absolute Gasteiger partial charge is 0.351 e. The highest BCUT2D eigenvalue weighted by molar-refractivity contribution is 6.29. The van der Waals surface area contributed by atoms with E-state index >= 15 is 0 Å². The van der Waals surface area contributed by atoms with Crippen LogP contribution in [0.25, 0.3) is 27.9 Å². The van der Waals surface area contributed by atoms with Crippen molar-refractivity contribution >= 4 is 33.7 Å². The topological polar surface area (TPSA) is 223 Å². The molecule has 3 N–H and O–H groups in total. The molecular formula is C60H85ClN12O6. The average molecular weight is 1110 g/mol. The van der Waals surface area contributed by atoms with Gasteiger partial charge in [-0.1, -0.05) is 117 Å². The van der Waals surface area contributed by atoms with E-state index in [-0.39, 0.29) is 63.9 Å². The zero-order valence-corrected chi connectivity index (χ0v) is 43.4. The Morgan fingerprint density at radius 2 is 0.886 bits per heavy atom. The summed E-state index contributed by atoms with van der Waals surface area (Å²) in [6.07, 6.45) is 30.5. The summed E-state index contributed by atoms with van der Waals surface area (Å²) in [4.78, 5) is 90.2. The normalized spacial score (nSPS) is 29.8. The summed E-state index contributed by atoms with van der Waals surface area (Å²) in [5.74, 6) is 3.66. The second kappa shape index (κ2) is 25.3. The lowest BCUT2D eigenvalue weighted by molar-refractivity contribution is -0.0487. The van der Waals surface area contributed by atoms with Gasteiger partial charge >= 0.3 is 11.4 Å². The standard InChI is InChI=1S/C28H34N6O3.C25H32ClN3O.C3H3N3O2.4CH4/c35-25-16-29-34(28(37)31-25)26-27(36)33(24-10-2-1-9-23(24)30-26)22-14-19-7-4-8-20(15-22)32(19)21-12-17-5-3-6-18(11-17)13-21;26-24-25(30)29(23-10-2-1-9-22(23)27-24)21-14-18-7-4-8-19(15-21)28(18)20-12-16-5-3-6-17(11-16)13-20;7-2-1-4-6-3(8)5-2;;;;/h1-2,9-10,16-22H,3-8,11-15H2,(H,31,35,37);1-2,9-10,16-21H,3-8,11-15H2;1H,(H2,5,6,7,8);4*1H4/t17-,18+,19-,20+,21?,22?;16-,17+,18-,19+,20?,21?;;;;;.